The molecule has 1 aromatic rings. The van der Waals surface area contributed by atoms with E-state index < -0.39 is 10.0 Å². The second-order valence-corrected chi connectivity index (χ2v) is 8.41. The van der Waals surface area contributed by atoms with Gasteiger partial charge in [0.05, 0.1) is 12.0 Å². The molecule has 25 heavy (non-hydrogen) atoms. The zero-order valence-electron chi connectivity index (χ0n) is 16.0. The van der Waals surface area contributed by atoms with Crippen LogP contribution in [-0.2, 0) is 14.8 Å². The van der Waals surface area contributed by atoms with Crippen molar-refractivity contribution in [3.8, 4) is 5.75 Å². The molecule has 0 aliphatic carbocycles. The zero-order valence-corrected chi connectivity index (χ0v) is 16.9. The molecule has 0 aliphatic rings. The van der Waals surface area contributed by atoms with Crippen molar-refractivity contribution in [1.82, 2.24) is 9.62 Å². The average Bonchev–Trinajstić information content (AvgIpc) is 2.51. The summed E-state index contributed by atoms with van der Waals surface area (Å²) in [7, 11) is -2.08. The van der Waals surface area contributed by atoms with Crippen molar-refractivity contribution < 1.29 is 17.9 Å². The van der Waals surface area contributed by atoms with Gasteiger partial charge in [0.1, 0.15) is 5.75 Å². The van der Waals surface area contributed by atoms with Crippen LogP contribution in [0.3, 0.4) is 0 Å². The average molecular weight is 371 g/mol. The molecule has 0 bridgehead atoms. The fourth-order valence-electron chi connectivity index (χ4n) is 2.51. The third kappa shape index (κ3) is 6.32. The molecule has 1 rings (SSSR count). The van der Waals surface area contributed by atoms with E-state index in [1.807, 2.05) is 0 Å². The lowest BCUT2D eigenvalue weighted by atomic mass is 10.1. The van der Waals surface area contributed by atoms with Gasteiger partial charge in [-0.3, -0.25) is 4.79 Å². The second kappa shape index (κ2) is 9.20. The van der Waals surface area contributed by atoms with Crippen LogP contribution in [0.1, 0.15) is 38.3 Å². The molecule has 0 atom stereocenters. The number of rotatable bonds is 9. The fourth-order valence-corrected chi connectivity index (χ4v) is 3.84. The lowest BCUT2D eigenvalue weighted by molar-refractivity contribution is -0.128. The summed E-state index contributed by atoms with van der Waals surface area (Å²) in [4.78, 5) is 13.6. The highest BCUT2D eigenvalue weighted by Gasteiger charge is 2.19. The van der Waals surface area contributed by atoms with Crippen LogP contribution in [-0.4, -0.2) is 46.0 Å². The highest BCUT2D eigenvalue weighted by Crippen LogP contribution is 2.25. The summed E-state index contributed by atoms with van der Waals surface area (Å²) in [5.74, 6) is 1.10. The molecule has 0 unspecified atom stereocenters. The Kier molecular flexibility index (Phi) is 7.89. The summed E-state index contributed by atoms with van der Waals surface area (Å²) in [5, 5.41) is 0. The first-order chi connectivity index (χ1) is 11.6. The minimum Gasteiger partial charge on any atom is -0.496 e. The Hall–Kier alpha value is -1.60. The number of methoxy groups -OCH3 is 1. The number of nitrogens with one attached hydrogen (secondary N) is 1. The van der Waals surface area contributed by atoms with E-state index in [0.29, 0.717) is 30.3 Å². The van der Waals surface area contributed by atoms with Crippen LogP contribution in [0, 0.1) is 19.8 Å². The molecule has 0 radical (unpaired) electrons. The molecule has 0 spiro atoms. The van der Waals surface area contributed by atoms with Crippen molar-refractivity contribution in [3.63, 3.8) is 0 Å². The largest absolute Gasteiger partial charge is 0.496 e. The van der Waals surface area contributed by atoms with E-state index in [0.717, 1.165) is 12.0 Å². The molecule has 1 amide bonds. The molecule has 1 N–H and O–H groups in total. The molecule has 7 heteroatoms. The van der Waals surface area contributed by atoms with Crippen LogP contribution in [0.15, 0.2) is 17.0 Å². The number of sulfonamides is 1. The van der Waals surface area contributed by atoms with Gasteiger partial charge >= 0.3 is 0 Å². The molecule has 142 valence electrons. The number of nitrogens with zero attached hydrogens (tertiary/aromatic N) is 1. The number of hydrogen-bond acceptors (Lipinski definition) is 4. The minimum atomic E-state index is -3.63. The first-order valence-electron chi connectivity index (χ1n) is 8.49. The zero-order chi connectivity index (χ0) is 19.2. The summed E-state index contributed by atoms with van der Waals surface area (Å²) in [5.41, 5.74) is 1.38. The number of aryl methyl sites for hydroxylation is 2. The smallest absolute Gasteiger partial charge is 0.240 e. The van der Waals surface area contributed by atoms with Crippen LogP contribution in [0.2, 0.25) is 0 Å². The Balaban J connectivity index is 2.78. The SMILES string of the molecule is COc1cc(C)c(S(=O)(=O)NCCN(CCC(C)C)C(C)=O)cc1C. The number of ether oxygens (including phenoxy) is 1. The van der Waals surface area contributed by atoms with E-state index in [-0.39, 0.29) is 17.3 Å². The maximum atomic E-state index is 12.6. The van der Waals surface area contributed by atoms with Gasteiger partial charge in [-0.15, -0.1) is 0 Å². The highest BCUT2D eigenvalue weighted by molar-refractivity contribution is 7.89. The molecular formula is C18H30N2O4S. The Morgan fingerprint density at radius 3 is 2.36 bits per heavy atom. The topological polar surface area (TPSA) is 75.7 Å². The van der Waals surface area contributed by atoms with Crippen LogP contribution in [0.25, 0.3) is 0 Å². The summed E-state index contributed by atoms with van der Waals surface area (Å²) in [6.45, 7) is 10.4. The van der Waals surface area contributed by atoms with Crippen molar-refractivity contribution in [3.05, 3.63) is 23.3 Å². The van der Waals surface area contributed by atoms with Gasteiger partial charge in [-0.2, -0.15) is 0 Å². The van der Waals surface area contributed by atoms with E-state index in [4.69, 9.17) is 4.74 Å². The van der Waals surface area contributed by atoms with Crippen molar-refractivity contribution in [2.24, 2.45) is 5.92 Å². The Bertz CT molecular complexity index is 699. The van der Waals surface area contributed by atoms with E-state index in [1.165, 1.54) is 6.92 Å². The monoisotopic (exact) mass is 370 g/mol. The third-order valence-electron chi connectivity index (χ3n) is 4.08. The Morgan fingerprint density at radius 2 is 1.84 bits per heavy atom. The number of carbonyl (C=O) groups excluding carboxylic acids is 1. The van der Waals surface area contributed by atoms with Crippen LogP contribution in [0.5, 0.6) is 5.75 Å². The maximum Gasteiger partial charge on any atom is 0.240 e. The molecule has 0 heterocycles. The van der Waals surface area contributed by atoms with Gasteiger partial charge in [0.2, 0.25) is 15.9 Å². The first-order valence-corrected chi connectivity index (χ1v) is 9.97. The van der Waals surface area contributed by atoms with Gasteiger partial charge < -0.3 is 9.64 Å². The van der Waals surface area contributed by atoms with Crippen molar-refractivity contribution in [2.75, 3.05) is 26.7 Å². The second-order valence-electron chi connectivity index (χ2n) is 6.67. The third-order valence-corrected chi connectivity index (χ3v) is 5.68. The number of hydrogen-bond donors (Lipinski definition) is 1. The number of carbonyl (C=O) groups is 1. The van der Waals surface area contributed by atoms with Gasteiger partial charge in [-0.1, -0.05) is 13.8 Å². The lowest BCUT2D eigenvalue weighted by Gasteiger charge is -2.22. The molecular weight excluding hydrogens is 340 g/mol. The van der Waals surface area contributed by atoms with Gasteiger partial charge in [0.25, 0.3) is 0 Å². The van der Waals surface area contributed by atoms with Gasteiger partial charge in [-0.05, 0) is 49.4 Å². The van der Waals surface area contributed by atoms with Gasteiger partial charge in [-0.25, -0.2) is 13.1 Å². The molecule has 1 aromatic carbocycles. The first kappa shape index (κ1) is 21.4. The molecule has 0 aromatic heterocycles. The lowest BCUT2D eigenvalue weighted by Crippen LogP contribution is -2.38. The van der Waals surface area contributed by atoms with E-state index >= 15 is 0 Å². The molecule has 0 fully saturated rings. The Labute approximate surface area is 151 Å². The maximum absolute atomic E-state index is 12.6. The predicted octanol–water partition coefficient (Wildman–Crippen LogP) is 2.48. The summed E-state index contributed by atoms with van der Waals surface area (Å²) < 4.78 is 32.9. The Morgan fingerprint density at radius 1 is 1.20 bits per heavy atom. The minimum absolute atomic E-state index is 0.0451. The van der Waals surface area contributed by atoms with E-state index in [2.05, 4.69) is 18.6 Å². The number of amides is 1. The van der Waals surface area contributed by atoms with E-state index in [9.17, 15) is 13.2 Å². The number of benzene rings is 1. The van der Waals surface area contributed by atoms with E-state index in [1.54, 1.807) is 38.0 Å². The van der Waals surface area contributed by atoms with Crippen LogP contribution >= 0.6 is 0 Å². The van der Waals surface area contributed by atoms with Crippen LogP contribution in [0.4, 0.5) is 0 Å². The predicted molar refractivity (Wildman–Crippen MR) is 99.4 cm³/mol. The van der Waals surface area contributed by atoms with Crippen molar-refractivity contribution in [1.29, 1.82) is 0 Å². The molecule has 0 saturated heterocycles. The standard InChI is InChI=1S/C18H30N2O4S/c1-13(2)7-9-20(16(5)21)10-8-19-25(22,23)18-12-14(3)17(24-6)11-15(18)4/h11-13,19H,7-10H2,1-6H3. The fraction of sp³-hybridized carbons (Fsp3) is 0.611. The molecule has 0 aliphatic heterocycles. The van der Waals surface area contributed by atoms with Crippen LogP contribution < -0.4 is 9.46 Å². The summed E-state index contributed by atoms with van der Waals surface area (Å²) in [6.07, 6.45) is 0.892. The summed E-state index contributed by atoms with van der Waals surface area (Å²) in [6, 6.07) is 3.33. The molecule has 0 saturated carbocycles. The van der Waals surface area contributed by atoms with Gasteiger partial charge in [0, 0.05) is 26.6 Å². The normalized spacial score (nSPS) is 11.6. The summed E-state index contributed by atoms with van der Waals surface area (Å²) >= 11 is 0. The van der Waals surface area contributed by atoms with Gasteiger partial charge in [0.15, 0.2) is 0 Å². The van der Waals surface area contributed by atoms with Crippen molar-refractivity contribution in [2.45, 2.75) is 45.9 Å². The quantitative estimate of drug-likeness (QED) is 0.725. The molecule has 6 nitrogen and oxygen atoms in total. The highest BCUT2D eigenvalue weighted by atomic mass is 32.2. The van der Waals surface area contributed by atoms with Crippen molar-refractivity contribution >= 4 is 15.9 Å².